The van der Waals surface area contributed by atoms with E-state index in [4.69, 9.17) is 0 Å². The molecule has 0 aliphatic rings. The Morgan fingerprint density at radius 3 is 2.95 bits per heavy atom. The van der Waals surface area contributed by atoms with Gasteiger partial charge in [0.15, 0.2) is 0 Å². The normalized spacial score (nSPS) is 12.3. The Bertz CT molecular complexity index is 564. The Balaban J connectivity index is 2.09. The summed E-state index contributed by atoms with van der Waals surface area (Å²) in [6, 6.07) is 7.66. The first-order valence-electron chi connectivity index (χ1n) is 6.51. The molecule has 0 saturated carbocycles. The van der Waals surface area contributed by atoms with Crippen molar-refractivity contribution in [2.45, 2.75) is 25.9 Å². The van der Waals surface area contributed by atoms with Crippen molar-refractivity contribution in [2.24, 2.45) is 0 Å². The van der Waals surface area contributed by atoms with Gasteiger partial charge in [0, 0.05) is 24.3 Å². The number of hydrogen-bond donors (Lipinski definition) is 2. The topological polar surface area (TPSA) is 62.2 Å². The average Bonchev–Trinajstić information content (AvgIpc) is 2.46. The Hall–Kier alpha value is -1.94. The fourth-order valence-electron chi connectivity index (χ4n) is 1.95. The minimum Gasteiger partial charge on any atom is -0.393 e. The van der Waals surface area contributed by atoms with E-state index in [-0.39, 0.29) is 12.0 Å². The molecular formula is C15H18N2O2. The van der Waals surface area contributed by atoms with E-state index >= 15 is 0 Å². The fraction of sp³-hybridized carbons (Fsp3) is 0.333. The van der Waals surface area contributed by atoms with Crippen molar-refractivity contribution in [3.05, 3.63) is 42.2 Å². The molecule has 2 rings (SSSR count). The van der Waals surface area contributed by atoms with Gasteiger partial charge in [0.05, 0.1) is 11.7 Å². The highest BCUT2D eigenvalue weighted by molar-refractivity contribution is 6.06. The molecule has 1 unspecified atom stereocenters. The first-order chi connectivity index (χ1) is 9.22. The van der Waals surface area contributed by atoms with Crippen molar-refractivity contribution in [1.82, 2.24) is 10.3 Å². The average molecular weight is 258 g/mol. The van der Waals surface area contributed by atoms with Gasteiger partial charge in [-0.05, 0) is 18.2 Å². The van der Waals surface area contributed by atoms with E-state index < -0.39 is 0 Å². The number of carbonyl (C=O) groups is 1. The molecule has 19 heavy (non-hydrogen) atoms. The summed E-state index contributed by atoms with van der Waals surface area (Å²) in [6.45, 7) is 2.39. The van der Waals surface area contributed by atoms with E-state index in [9.17, 15) is 9.90 Å². The zero-order valence-corrected chi connectivity index (χ0v) is 11.0. The summed E-state index contributed by atoms with van der Waals surface area (Å²) in [5, 5.41) is 14.1. The number of aliphatic hydroxyl groups excluding tert-OH is 1. The van der Waals surface area contributed by atoms with Gasteiger partial charge in [-0.2, -0.15) is 0 Å². The molecule has 4 nitrogen and oxygen atoms in total. The predicted molar refractivity (Wildman–Crippen MR) is 75.0 cm³/mol. The molecule has 0 aliphatic carbocycles. The second-order valence-electron chi connectivity index (χ2n) is 4.51. The van der Waals surface area contributed by atoms with Crippen LogP contribution in [0.5, 0.6) is 0 Å². The van der Waals surface area contributed by atoms with Gasteiger partial charge < -0.3 is 10.4 Å². The van der Waals surface area contributed by atoms with Crippen LogP contribution < -0.4 is 5.32 Å². The molecule has 0 fully saturated rings. The summed E-state index contributed by atoms with van der Waals surface area (Å²) in [4.78, 5) is 16.2. The minimum absolute atomic E-state index is 0.146. The first kappa shape index (κ1) is 13.5. The van der Waals surface area contributed by atoms with Crippen LogP contribution in [0.3, 0.4) is 0 Å². The number of benzene rings is 1. The highest BCUT2D eigenvalue weighted by Crippen LogP contribution is 2.16. The second kappa shape index (κ2) is 6.29. The van der Waals surface area contributed by atoms with Crippen LogP contribution in [0.1, 0.15) is 30.1 Å². The van der Waals surface area contributed by atoms with Gasteiger partial charge in [-0.3, -0.25) is 9.78 Å². The van der Waals surface area contributed by atoms with E-state index in [1.807, 2.05) is 31.2 Å². The van der Waals surface area contributed by atoms with Gasteiger partial charge in [-0.25, -0.2) is 0 Å². The molecule has 1 heterocycles. The summed E-state index contributed by atoms with van der Waals surface area (Å²) in [6.07, 6.45) is 4.23. The smallest absolute Gasteiger partial charge is 0.253 e. The number of aromatic nitrogens is 1. The lowest BCUT2D eigenvalue weighted by molar-refractivity contribution is 0.0943. The van der Waals surface area contributed by atoms with Crippen LogP contribution in [-0.2, 0) is 0 Å². The number of nitrogens with one attached hydrogen (secondary N) is 1. The van der Waals surface area contributed by atoms with Gasteiger partial charge in [0.2, 0.25) is 0 Å². The van der Waals surface area contributed by atoms with Crippen LogP contribution in [0.15, 0.2) is 36.7 Å². The molecule has 4 heteroatoms. The van der Waals surface area contributed by atoms with Crippen LogP contribution in [0.2, 0.25) is 0 Å². The van der Waals surface area contributed by atoms with Crippen molar-refractivity contribution >= 4 is 16.7 Å². The van der Waals surface area contributed by atoms with E-state index in [0.29, 0.717) is 24.9 Å². The maximum Gasteiger partial charge on any atom is 0.253 e. The van der Waals surface area contributed by atoms with Gasteiger partial charge >= 0.3 is 0 Å². The lowest BCUT2D eigenvalue weighted by Gasteiger charge is -2.10. The van der Waals surface area contributed by atoms with E-state index in [1.54, 1.807) is 12.4 Å². The monoisotopic (exact) mass is 258 g/mol. The summed E-state index contributed by atoms with van der Waals surface area (Å²) in [5.41, 5.74) is 0.573. The Morgan fingerprint density at radius 2 is 2.16 bits per heavy atom. The quantitative estimate of drug-likeness (QED) is 0.863. The molecule has 0 aliphatic heterocycles. The van der Waals surface area contributed by atoms with E-state index in [1.165, 1.54) is 0 Å². The standard InChI is InChI=1S/C15H18N2O2/c1-2-12(18)7-8-17-15(19)14-10-16-9-11-5-3-4-6-13(11)14/h3-6,9-10,12,18H,2,7-8H2,1H3,(H,17,19). The van der Waals surface area contributed by atoms with Gasteiger partial charge in [0.1, 0.15) is 0 Å². The molecular weight excluding hydrogens is 240 g/mol. The van der Waals surface area contributed by atoms with Crippen molar-refractivity contribution in [2.75, 3.05) is 6.54 Å². The van der Waals surface area contributed by atoms with Crippen molar-refractivity contribution in [3.63, 3.8) is 0 Å². The number of carbonyl (C=O) groups excluding carboxylic acids is 1. The number of aliphatic hydroxyl groups is 1. The molecule has 1 atom stereocenters. The molecule has 0 saturated heterocycles. The maximum atomic E-state index is 12.1. The molecule has 100 valence electrons. The zero-order chi connectivity index (χ0) is 13.7. The highest BCUT2D eigenvalue weighted by atomic mass is 16.3. The number of pyridine rings is 1. The summed E-state index contributed by atoms with van der Waals surface area (Å²) in [5.74, 6) is -0.146. The van der Waals surface area contributed by atoms with E-state index in [0.717, 1.165) is 10.8 Å². The Kier molecular flexibility index (Phi) is 4.47. The Labute approximate surface area is 112 Å². The van der Waals surface area contributed by atoms with Crippen molar-refractivity contribution in [3.8, 4) is 0 Å². The van der Waals surface area contributed by atoms with E-state index in [2.05, 4.69) is 10.3 Å². The predicted octanol–water partition coefficient (Wildman–Crippen LogP) is 2.13. The van der Waals surface area contributed by atoms with Crippen LogP contribution in [-0.4, -0.2) is 28.6 Å². The molecule has 1 aromatic heterocycles. The minimum atomic E-state index is -0.356. The maximum absolute atomic E-state index is 12.1. The van der Waals surface area contributed by atoms with Gasteiger partial charge in [-0.1, -0.05) is 31.2 Å². The molecule has 2 N–H and O–H groups in total. The summed E-state index contributed by atoms with van der Waals surface area (Å²) in [7, 11) is 0. The molecule has 1 amide bonds. The molecule has 0 bridgehead atoms. The summed E-state index contributed by atoms with van der Waals surface area (Å²) < 4.78 is 0. The zero-order valence-electron chi connectivity index (χ0n) is 11.0. The third-order valence-electron chi connectivity index (χ3n) is 3.15. The Morgan fingerprint density at radius 1 is 1.37 bits per heavy atom. The van der Waals surface area contributed by atoms with Crippen molar-refractivity contribution < 1.29 is 9.90 Å². The number of hydrogen-bond acceptors (Lipinski definition) is 3. The number of fused-ring (bicyclic) bond motifs is 1. The number of nitrogens with zero attached hydrogens (tertiary/aromatic N) is 1. The number of rotatable bonds is 5. The summed E-state index contributed by atoms with van der Waals surface area (Å²) >= 11 is 0. The third-order valence-corrected chi connectivity index (χ3v) is 3.15. The van der Waals surface area contributed by atoms with Crippen LogP contribution >= 0.6 is 0 Å². The highest BCUT2D eigenvalue weighted by Gasteiger charge is 2.10. The van der Waals surface area contributed by atoms with Gasteiger partial charge in [-0.15, -0.1) is 0 Å². The van der Waals surface area contributed by atoms with Gasteiger partial charge in [0.25, 0.3) is 5.91 Å². The fourth-order valence-corrected chi connectivity index (χ4v) is 1.95. The van der Waals surface area contributed by atoms with Crippen LogP contribution in [0.4, 0.5) is 0 Å². The third kappa shape index (κ3) is 3.29. The lowest BCUT2D eigenvalue weighted by Crippen LogP contribution is -2.27. The molecule has 2 aromatic rings. The first-order valence-corrected chi connectivity index (χ1v) is 6.51. The number of amides is 1. The van der Waals surface area contributed by atoms with Crippen molar-refractivity contribution in [1.29, 1.82) is 0 Å². The van der Waals surface area contributed by atoms with Crippen LogP contribution in [0.25, 0.3) is 10.8 Å². The van der Waals surface area contributed by atoms with Crippen LogP contribution in [0, 0.1) is 0 Å². The second-order valence-corrected chi connectivity index (χ2v) is 4.51. The molecule has 0 spiro atoms. The largest absolute Gasteiger partial charge is 0.393 e. The molecule has 1 aromatic carbocycles. The SMILES string of the molecule is CCC(O)CCNC(=O)c1cncc2ccccc12. The molecule has 0 radical (unpaired) electrons. The lowest BCUT2D eigenvalue weighted by atomic mass is 10.1.